The summed E-state index contributed by atoms with van der Waals surface area (Å²) in [4.78, 5) is 36.4. The highest BCUT2D eigenvalue weighted by molar-refractivity contribution is 8.01. The third-order valence-corrected chi connectivity index (χ3v) is 6.81. The molecule has 3 aromatic rings. The van der Waals surface area contributed by atoms with Crippen molar-refractivity contribution >= 4 is 62.8 Å². The zero-order chi connectivity index (χ0) is 23.4. The van der Waals surface area contributed by atoms with Gasteiger partial charge in [-0.1, -0.05) is 29.2 Å². The number of anilines is 4. The average molecular weight is 485 g/mol. The molecule has 10 nitrogen and oxygen atoms in total. The number of hydrogen-bond acceptors (Lipinski definition) is 9. The molecule has 0 saturated carbocycles. The molecule has 0 atom stereocenters. The molecule has 0 radical (unpaired) electrons. The lowest BCUT2D eigenvalue weighted by Gasteiger charge is -2.29. The Hall–Kier alpha value is -3.51. The molecular weight excluding hydrogens is 464 g/mol. The van der Waals surface area contributed by atoms with E-state index in [1.54, 1.807) is 29.2 Å². The highest BCUT2D eigenvalue weighted by atomic mass is 32.2. The van der Waals surface area contributed by atoms with E-state index in [9.17, 15) is 19.7 Å². The summed E-state index contributed by atoms with van der Waals surface area (Å²) in [5, 5.41) is 25.7. The van der Waals surface area contributed by atoms with Crippen LogP contribution in [0.3, 0.4) is 0 Å². The number of aryl methyl sites for hydroxylation is 1. The molecule has 1 aliphatic rings. The molecule has 0 saturated heterocycles. The summed E-state index contributed by atoms with van der Waals surface area (Å²) in [6.45, 7) is 2.03. The van der Waals surface area contributed by atoms with Crippen LogP contribution in [-0.2, 0) is 16.0 Å². The van der Waals surface area contributed by atoms with E-state index in [-0.39, 0.29) is 23.3 Å². The van der Waals surface area contributed by atoms with Crippen LogP contribution in [0.4, 0.5) is 27.9 Å². The highest BCUT2D eigenvalue weighted by Gasteiger charge is 2.24. The number of nitro benzene ring substituents is 1. The first kappa shape index (κ1) is 22.7. The van der Waals surface area contributed by atoms with Crippen molar-refractivity contribution in [2.24, 2.45) is 0 Å². The molecule has 12 heteroatoms. The number of benzene rings is 2. The first-order valence-corrected chi connectivity index (χ1v) is 11.9. The second-order valence-corrected chi connectivity index (χ2v) is 9.47. The van der Waals surface area contributed by atoms with Gasteiger partial charge in [0.05, 0.1) is 10.7 Å². The molecule has 4 rings (SSSR count). The van der Waals surface area contributed by atoms with Crippen molar-refractivity contribution in [2.75, 3.05) is 27.8 Å². The maximum absolute atomic E-state index is 12.9. The van der Waals surface area contributed by atoms with Gasteiger partial charge < -0.3 is 15.5 Å². The van der Waals surface area contributed by atoms with Gasteiger partial charge in [0.15, 0.2) is 4.34 Å². The Kier molecular flexibility index (Phi) is 6.84. The van der Waals surface area contributed by atoms with E-state index in [1.807, 2.05) is 12.1 Å². The lowest BCUT2D eigenvalue weighted by Crippen LogP contribution is -2.36. The lowest BCUT2D eigenvalue weighted by atomic mass is 10.0. The maximum Gasteiger partial charge on any atom is 0.269 e. The van der Waals surface area contributed by atoms with E-state index >= 15 is 0 Å². The second-order valence-electron chi connectivity index (χ2n) is 7.27. The maximum atomic E-state index is 12.9. The van der Waals surface area contributed by atoms with Crippen molar-refractivity contribution in [2.45, 2.75) is 24.1 Å². The Labute approximate surface area is 197 Å². The van der Waals surface area contributed by atoms with Crippen molar-refractivity contribution in [1.29, 1.82) is 0 Å². The van der Waals surface area contributed by atoms with Crippen LogP contribution in [0.25, 0.3) is 0 Å². The number of non-ortho nitro benzene ring substituents is 1. The summed E-state index contributed by atoms with van der Waals surface area (Å²) >= 11 is 2.62. The van der Waals surface area contributed by atoms with Crippen LogP contribution in [-0.4, -0.2) is 39.2 Å². The smallest absolute Gasteiger partial charge is 0.269 e. The van der Waals surface area contributed by atoms with E-state index in [2.05, 4.69) is 20.8 Å². The minimum Gasteiger partial charge on any atom is -0.330 e. The summed E-state index contributed by atoms with van der Waals surface area (Å²) in [5.74, 6) is -0.0493. The summed E-state index contributed by atoms with van der Waals surface area (Å²) in [7, 11) is 0. The Balaban J connectivity index is 1.37. The van der Waals surface area contributed by atoms with E-state index in [0.29, 0.717) is 28.1 Å². The molecular formula is C21H20N6O4S2. The molecule has 2 amide bonds. The zero-order valence-electron chi connectivity index (χ0n) is 17.6. The summed E-state index contributed by atoms with van der Waals surface area (Å²) in [6.07, 6.45) is 1.47. The summed E-state index contributed by atoms with van der Waals surface area (Å²) in [5.41, 5.74) is 3.01. The summed E-state index contributed by atoms with van der Waals surface area (Å²) in [6, 6.07) is 11.9. The van der Waals surface area contributed by atoms with Gasteiger partial charge in [-0.15, -0.1) is 10.2 Å². The number of hydrogen-bond donors (Lipinski definition) is 2. The second kappa shape index (κ2) is 9.96. The third-order valence-electron chi connectivity index (χ3n) is 4.85. The number of rotatable bonds is 7. The number of carbonyl (C=O) groups excluding carboxylic acids is 2. The topological polar surface area (TPSA) is 130 Å². The average Bonchev–Trinajstić information content (AvgIpc) is 3.23. The van der Waals surface area contributed by atoms with Crippen molar-refractivity contribution in [3.05, 3.63) is 58.1 Å². The largest absolute Gasteiger partial charge is 0.330 e. The predicted octanol–water partition coefficient (Wildman–Crippen LogP) is 4.22. The molecule has 170 valence electrons. The first-order valence-electron chi connectivity index (χ1n) is 10.1. The zero-order valence-corrected chi connectivity index (χ0v) is 19.2. The number of fused-ring (bicyclic) bond motifs is 1. The Bertz CT molecular complexity index is 1210. The van der Waals surface area contributed by atoms with E-state index in [0.717, 1.165) is 23.4 Å². The number of thioether (sulfide) groups is 1. The van der Waals surface area contributed by atoms with Gasteiger partial charge in [0.2, 0.25) is 16.9 Å². The SMILES string of the molecule is CC(=O)Nc1cccc(Nc2nnc(SCC(=O)N3CCCc4cc([N+](=O)[O-])ccc43)s2)c1. The van der Waals surface area contributed by atoms with Gasteiger partial charge in [0.25, 0.3) is 5.69 Å². The molecule has 0 aliphatic carbocycles. The quantitative estimate of drug-likeness (QED) is 0.290. The molecule has 2 heterocycles. The Morgan fingerprint density at radius 3 is 2.82 bits per heavy atom. The highest BCUT2D eigenvalue weighted by Crippen LogP contribution is 2.32. The van der Waals surface area contributed by atoms with Gasteiger partial charge in [-0.2, -0.15) is 0 Å². The number of aromatic nitrogens is 2. The van der Waals surface area contributed by atoms with Crippen molar-refractivity contribution in [3.8, 4) is 0 Å². The van der Waals surface area contributed by atoms with Gasteiger partial charge >= 0.3 is 0 Å². The van der Waals surface area contributed by atoms with Crippen molar-refractivity contribution in [1.82, 2.24) is 10.2 Å². The van der Waals surface area contributed by atoms with Gasteiger partial charge in [-0.05, 0) is 42.7 Å². The summed E-state index contributed by atoms with van der Waals surface area (Å²) < 4.78 is 0.643. The molecule has 1 aliphatic heterocycles. The third kappa shape index (κ3) is 5.65. The van der Waals surface area contributed by atoms with Gasteiger partial charge in [-0.25, -0.2) is 0 Å². The monoisotopic (exact) mass is 484 g/mol. The molecule has 0 fully saturated rings. The van der Waals surface area contributed by atoms with Crippen LogP contribution in [0.15, 0.2) is 46.8 Å². The van der Waals surface area contributed by atoms with Crippen LogP contribution in [0.1, 0.15) is 18.9 Å². The lowest BCUT2D eigenvalue weighted by molar-refractivity contribution is -0.384. The first-order chi connectivity index (χ1) is 15.9. The molecule has 2 aromatic carbocycles. The number of nitrogens with zero attached hydrogens (tertiary/aromatic N) is 4. The van der Waals surface area contributed by atoms with Crippen molar-refractivity contribution < 1.29 is 14.5 Å². The van der Waals surface area contributed by atoms with E-state index in [4.69, 9.17) is 0 Å². The van der Waals surface area contributed by atoms with Gasteiger partial charge in [0.1, 0.15) is 0 Å². The fourth-order valence-corrected chi connectivity index (χ4v) is 5.13. The minimum atomic E-state index is -0.423. The van der Waals surface area contributed by atoms with E-state index < -0.39 is 4.92 Å². The molecule has 2 N–H and O–H groups in total. The molecule has 0 unspecified atom stereocenters. The fraction of sp³-hybridized carbons (Fsp3) is 0.238. The van der Waals surface area contributed by atoms with Crippen molar-refractivity contribution in [3.63, 3.8) is 0 Å². The fourth-order valence-electron chi connectivity index (χ4n) is 3.48. The van der Waals surface area contributed by atoms with Crippen LogP contribution in [0, 0.1) is 10.1 Å². The minimum absolute atomic E-state index is 0.0360. The molecule has 33 heavy (non-hydrogen) atoms. The van der Waals surface area contributed by atoms with E-state index in [1.165, 1.54) is 36.1 Å². The predicted molar refractivity (Wildman–Crippen MR) is 128 cm³/mol. The van der Waals surface area contributed by atoms with Gasteiger partial charge in [0, 0.05) is 42.7 Å². The van der Waals surface area contributed by atoms with Gasteiger partial charge in [-0.3, -0.25) is 19.7 Å². The number of nitrogens with one attached hydrogen (secondary N) is 2. The van der Waals surface area contributed by atoms with Crippen LogP contribution < -0.4 is 15.5 Å². The van der Waals surface area contributed by atoms with Crippen LogP contribution in [0.5, 0.6) is 0 Å². The number of carbonyl (C=O) groups is 2. The normalized spacial score (nSPS) is 12.7. The number of nitro groups is 1. The molecule has 0 spiro atoms. The molecule has 0 bridgehead atoms. The van der Waals surface area contributed by atoms with Crippen LogP contribution >= 0.6 is 23.1 Å². The standard InChI is InChI=1S/C21H20N6O4S2/c1-13(28)22-15-5-2-6-16(11-15)23-20-24-25-21(33-20)32-12-19(29)26-9-3-4-14-10-17(27(30)31)7-8-18(14)26/h2,5-8,10-11H,3-4,9,12H2,1H3,(H,22,28)(H,23,24). The van der Waals surface area contributed by atoms with Crippen LogP contribution in [0.2, 0.25) is 0 Å². The number of amides is 2. The Morgan fingerprint density at radius 1 is 1.21 bits per heavy atom. The Morgan fingerprint density at radius 2 is 2.03 bits per heavy atom. The molecule has 1 aromatic heterocycles.